The summed E-state index contributed by atoms with van der Waals surface area (Å²) in [6, 6.07) is 8.60. The van der Waals surface area contributed by atoms with Crippen LogP contribution < -0.4 is 0 Å². The van der Waals surface area contributed by atoms with Crippen molar-refractivity contribution in [2.75, 3.05) is 13.2 Å². The lowest BCUT2D eigenvalue weighted by molar-refractivity contribution is -0.161. The van der Waals surface area contributed by atoms with Crippen LogP contribution in [0.25, 0.3) is 0 Å². The highest BCUT2D eigenvalue weighted by Gasteiger charge is 2.51. The van der Waals surface area contributed by atoms with Crippen LogP contribution in [-0.2, 0) is 28.7 Å². The molecule has 6 nitrogen and oxygen atoms in total. The van der Waals surface area contributed by atoms with Crippen molar-refractivity contribution in [2.45, 2.75) is 26.2 Å². The van der Waals surface area contributed by atoms with Gasteiger partial charge in [-0.2, -0.15) is 0 Å². The van der Waals surface area contributed by atoms with Crippen molar-refractivity contribution in [1.29, 1.82) is 0 Å². The topological polar surface area (TPSA) is 86.7 Å². The van der Waals surface area contributed by atoms with Gasteiger partial charge in [0.2, 0.25) is 0 Å². The number of benzene rings is 1. The van der Waals surface area contributed by atoms with E-state index in [9.17, 15) is 19.2 Å². The molecule has 2 rings (SSSR count). The summed E-state index contributed by atoms with van der Waals surface area (Å²) in [6.45, 7) is 3.50. The monoisotopic (exact) mass is 332 g/mol. The van der Waals surface area contributed by atoms with E-state index in [2.05, 4.69) is 0 Å². The van der Waals surface area contributed by atoms with Crippen LogP contribution in [0.4, 0.5) is 0 Å². The van der Waals surface area contributed by atoms with Crippen LogP contribution in [0.3, 0.4) is 0 Å². The summed E-state index contributed by atoms with van der Waals surface area (Å²) < 4.78 is 10.0. The Hall–Kier alpha value is -2.50. The smallest absolute Gasteiger partial charge is 0.317 e. The Kier molecular flexibility index (Phi) is 5.84. The van der Waals surface area contributed by atoms with Crippen molar-refractivity contribution in [3.63, 3.8) is 0 Å². The fourth-order valence-corrected chi connectivity index (χ4v) is 3.06. The van der Waals surface area contributed by atoms with Gasteiger partial charge >= 0.3 is 11.9 Å². The third kappa shape index (κ3) is 3.53. The molecule has 1 aromatic carbocycles. The van der Waals surface area contributed by atoms with E-state index >= 15 is 0 Å². The Morgan fingerprint density at radius 2 is 1.38 bits per heavy atom. The van der Waals surface area contributed by atoms with Crippen LogP contribution in [0.15, 0.2) is 30.3 Å². The molecule has 128 valence electrons. The number of hydrogen-bond acceptors (Lipinski definition) is 6. The molecule has 1 aliphatic carbocycles. The highest BCUT2D eigenvalue weighted by molar-refractivity contribution is 6.16. The fourth-order valence-electron chi connectivity index (χ4n) is 3.06. The molecule has 0 heterocycles. The summed E-state index contributed by atoms with van der Waals surface area (Å²) in [4.78, 5) is 49.4. The first-order valence-electron chi connectivity index (χ1n) is 7.94. The molecule has 1 saturated carbocycles. The van der Waals surface area contributed by atoms with Crippen molar-refractivity contribution in [1.82, 2.24) is 0 Å². The van der Waals surface area contributed by atoms with Crippen LogP contribution in [0.1, 0.15) is 31.7 Å². The summed E-state index contributed by atoms with van der Waals surface area (Å²) in [6.07, 6.45) is -0.462. The zero-order valence-electron chi connectivity index (χ0n) is 13.7. The van der Waals surface area contributed by atoms with E-state index in [1.54, 1.807) is 44.2 Å². The molecule has 6 heteroatoms. The predicted molar refractivity (Wildman–Crippen MR) is 84.1 cm³/mol. The fraction of sp³-hybridized carbons (Fsp3) is 0.444. The zero-order valence-corrected chi connectivity index (χ0v) is 13.7. The van der Waals surface area contributed by atoms with Gasteiger partial charge in [0.1, 0.15) is 11.8 Å². The lowest BCUT2D eigenvalue weighted by Gasteiger charge is -2.33. The molecule has 0 aliphatic heterocycles. The first kappa shape index (κ1) is 17.8. The van der Waals surface area contributed by atoms with Crippen molar-refractivity contribution >= 4 is 23.5 Å². The largest absolute Gasteiger partial charge is 0.465 e. The first-order chi connectivity index (χ1) is 11.5. The second kappa shape index (κ2) is 7.86. The minimum Gasteiger partial charge on any atom is -0.465 e. The molecule has 0 amide bonds. The summed E-state index contributed by atoms with van der Waals surface area (Å²) in [5.41, 5.74) is 0.565. The lowest BCUT2D eigenvalue weighted by atomic mass is 9.67. The average molecular weight is 332 g/mol. The van der Waals surface area contributed by atoms with Gasteiger partial charge < -0.3 is 9.47 Å². The Morgan fingerprint density at radius 3 is 1.79 bits per heavy atom. The van der Waals surface area contributed by atoms with Crippen molar-refractivity contribution < 1.29 is 28.7 Å². The second-order valence-electron chi connectivity index (χ2n) is 5.51. The number of carbonyl (C=O) groups is 4. The number of ether oxygens (including phenoxy) is 2. The second-order valence-corrected chi connectivity index (χ2v) is 5.51. The molecule has 0 saturated heterocycles. The van der Waals surface area contributed by atoms with Gasteiger partial charge in [-0.05, 0) is 19.4 Å². The van der Waals surface area contributed by atoms with Crippen LogP contribution in [0.2, 0.25) is 0 Å². The normalized spacial score (nSPS) is 21.4. The molecule has 24 heavy (non-hydrogen) atoms. The Labute approximate surface area is 140 Å². The minimum absolute atomic E-state index is 0.113. The van der Waals surface area contributed by atoms with E-state index in [-0.39, 0.29) is 13.2 Å². The molecule has 0 bridgehead atoms. The molecule has 0 N–H and O–H groups in total. The number of Topliss-reactive ketones (excluding diaryl/α,β-unsaturated/α-hetero) is 2. The van der Waals surface area contributed by atoms with E-state index in [1.165, 1.54) is 0 Å². The molecule has 1 fully saturated rings. The third-order valence-corrected chi connectivity index (χ3v) is 4.03. The standard InChI is InChI=1S/C18H20O6/c1-3-23-17(21)15-12(19)10-13(20)16(18(22)24-4-2)14(15)11-8-6-5-7-9-11/h5-9,14-16H,3-4,10H2,1-2H3/t15-,16-/m0/s1. The van der Waals surface area contributed by atoms with E-state index < -0.39 is 47.7 Å². The maximum absolute atomic E-state index is 12.4. The van der Waals surface area contributed by atoms with E-state index in [4.69, 9.17) is 9.47 Å². The average Bonchev–Trinajstić information content (AvgIpc) is 2.55. The molecule has 0 spiro atoms. The van der Waals surface area contributed by atoms with Gasteiger partial charge in [-0.15, -0.1) is 0 Å². The molecular formula is C18H20O6. The van der Waals surface area contributed by atoms with Crippen LogP contribution >= 0.6 is 0 Å². The number of ketones is 2. The Balaban J connectivity index is 2.51. The minimum atomic E-state index is -1.18. The number of hydrogen-bond donors (Lipinski definition) is 0. The van der Waals surface area contributed by atoms with Crippen LogP contribution in [-0.4, -0.2) is 36.7 Å². The molecular weight excluding hydrogens is 312 g/mol. The van der Waals surface area contributed by atoms with Crippen molar-refractivity contribution in [3.05, 3.63) is 35.9 Å². The quantitative estimate of drug-likeness (QED) is 0.602. The summed E-state index contributed by atoms with van der Waals surface area (Å²) in [7, 11) is 0. The van der Waals surface area contributed by atoms with Gasteiger partial charge in [0, 0.05) is 5.92 Å². The predicted octanol–water partition coefficient (Wildman–Crippen LogP) is 1.67. The Morgan fingerprint density at radius 1 is 0.917 bits per heavy atom. The lowest BCUT2D eigenvalue weighted by Crippen LogP contribution is -2.47. The highest BCUT2D eigenvalue weighted by atomic mass is 16.5. The van der Waals surface area contributed by atoms with Crippen molar-refractivity contribution in [3.8, 4) is 0 Å². The number of esters is 2. The SMILES string of the molecule is CCOC(=O)[C@H]1C(=O)CC(=O)[C@H](C(=O)OCC)C1c1ccccc1. The third-order valence-electron chi connectivity index (χ3n) is 4.03. The molecule has 1 aromatic rings. The number of rotatable bonds is 5. The molecule has 0 aromatic heterocycles. The van der Waals surface area contributed by atoms with E-state index in [0.29, 0.717) is 5.56 Å². The maximum atomic E-state index is 12.4. The van der Waals surface area contributed by atoms with Gasteiger partial charge in [0.05, 0.1) is 19.6 Å². The first-order valence-corrected chi connectivity index (χ1v) is 7.94. The molecule has 2 atom stereocenters. The van der Waals surface area contributed by atoms with Gasteiger partial charge in [-0.25, -0.2) is 0 Å². The summed E-state index contributed by atoms with van der Waals surface area (Å²) in [5.74, 6) is -5.73. The number of carbonyl (C=O) groups excluding carboxylic acids is 4. The Bertz CT molecular complexity index is 600. The van der Waals surface area contributed by atoms with Crippen LogP contribution in [0.5, 0.6) is 0 Å². The van der Waals surface area contributed by atoms with Gasteiger partial charge in [-0.3, -0.25) is 19.2 Å². The maximum Gasteiger partial charge on any atom is 0.317 e. The van der Waals surface area contributed by atoms with Gasteiger partial charge in [0.25, 0.3) is 0 Å². The highest BCUT2D eigenvalue weighted by Crippen LogP contribution is 2.40. The van der Waals surface area contributed by atoms with Gasteiger partial charge in [-0.1, -0.05) is 30.3 Å². The summed E-state index contributed by atoms with van der Waals surface area (Å²) >= 11 is 0. The van der Waals surface area contributed by atoms with E-state index in [0.717, 1.165) is 0 Å². The van der Waals surface area contributed by atoms with E-state index in [1.807, 2.05) is 0 Å². The van der Waals surface area contributed by atoms with Gasteiger partial charge in [0.15, 0.2) is 11.6 Å². The zero-order chi connectivity index (χ0) is 17.7. The molecule has 0 unspecified atom stereocenters. The molecule has 1 aliphatic rings. The molecule has 0 radical (unpaired) electrons. The summed E-state index contributed by atoms with van der Waals surface area (Å²) in [5, 5.41) is 0. The van der Waals surface area contributed by atoms with Crippen LogP contribution in [0, 0.1) is 11.8 Å². The van der Waals surface area contributed by atoms with Crippen molar-refractivity contribution in [2.24, 2.45) is 11.8 Å².